The maximum atomic E-state index is 11.3. The van der Waals surface area contributed by atoms with Crippen LogP contribution in [0.25, 0.3) is 0 Å². The van der Waals surface area contributed by atoms with Crippen LogP contribution in [0, 0.1) is 0 Å². The third kappa shape index (κ3) is 6.87. The normalized spacial score (nSPS) is 16.5. The molecule has 0 heterocycles. The molecular formula is C9H18N2O4. The quantitative estimate of drug-likeness (QED) is 0.460. The second kappa shape index (κ2) is 6.36. The second-order valence-electron chi connectivity index (χ2n) is 3.70. The summed E-state index contributed by atoms with van der Waals surface area (Å²) in [5.74, 6) is -1.62. The topological polar surface area (TPSA) is 113 Å². The molecule has 0 aromatic heterocycles. The van der Waals surface area contributed by atoms with Crippen LogP contribution < -0.4 is 11.1 Å². The van der Waals surface area contributed by atoms with E-state index in [1.807, 2.05) is 0 Å². The van der Waals surface area contributed by atoms with E-state index in [1.54, 1.807) is 13.8 Å². The summed E-state index contributed by atoms with van der Waals surface area (Å²) < 4.78 is 0. The molecule has 15 heavy (non-hydrogen) atoms. The fourth-order valence-electron chi connectivity index (χ4n) is 1.20. The monoisotopic (exact) mass is 218 g/mol. The van der Waals surface area contributed by atoms with Crippen molar-refractivity contribution in [2.24, 2.45) is 5.73 Å². The van der Waals surface area contributed by atoms with Gasteiger partial charge in [-0.1, -0.05) is 0 Å². The van der Waals surface area contributed by atoms with E-state index in [-0.39, 0.29) is 6.04 Å². The molecular weight excluding hydrogens is 200 g/mol. The molecule has 0 fully saturated rings. The fourth-order valence-corrected chi connectivity index (χ4v) is 1.20. The molecule has 0 saturated heterocycles. The lowest BCUT2D eigenvalue weighted by Gasteiger charge is -2.17. The molecule has 0 aliphatic carbocycles. The van der Waals surface area contributed by atoms with Crippen molar-refractivity contribution in [1.29, 1.82) is 0 Å². The molecule has 0 aliphatic rings. The van der Waals surface area contributed by atoms with Gasteiger partial charge in [-0.2, -0.15) is 0 Å². The molecule has 0 spiro atoms. The van der Waals surface area contributed by atoms with Crippen molar-refractivity contribution < 1.29 is 19.8 Å². The van der Waals surface area contributed by atoms with Crippen LogP contribution in [0.2, 0.25) is 0 Å². The molecule has 0 aromatic carbocycles. The minimum atomic E-state index is -1.11. The Morgan fingerprint density at radius 3 is 2.33 bits per heavy atom. The molecule has 0 aliphatic heterocycles. The number of carboxylic acid groups (broad SMARTS) is 1. The summed E-state index contributed by atoms with van der Waals surface area (Å²) in [5, 5.41) is 20.0. The minimum Gasteiger partial charge on any atom is -0.481 e. The Morgan fingerprint density at radius 1 is 1.40 bits per heavy atom. The lowest BCUT2D eigenvalue weighted by atomic mass is 10.1. The number of carbonyl (C=O) groups excluding carboxylic acids is 1. The molecule has 3 unspecified atom stereocenters. The van der Waals surface area contributed by atoms with Crippen molar-refractivity contribution in [3.63, 3.8) is 0 Å². The molecule has 0 saturated carbocycles. The first kappa shape index (κ1) is 13.9. The van der Waals surface area contributed by atoms with E-state index in [4.69, 9.17) is 15.9 Å². The van der Waals surface area contributed by atoms with Crippen LogP contribution in [0.3, 0.4) is 0 Å². The molecule has 5 N–H and O–H groups in total. The Kier molecular flexibility index (Phi) is 5.88. The summed E-state index contributed by atoms with van der Waals surface area (Å²) >= 11 is 0. The number of carboxylic acids is 1. The number of hydrogen-bond donors (Lipinski definition) is 4. The van der Waals surface area contributed by atoms with E-state index < -0.39 is 30.4 Å². The van der Waals surface area contributed by atoms with Gasteiger partial charge in [0.1, 0.15) is 0 Å². The average molecular weight is 218 g/mol. The fraction of sp³-hybridized carbons (Fsp3) is 0.778. The van der Waals surface area contributed by atoms with E-state index in [1.165, 1.54) is 0 Å². The predicted octanol–water partition coefficient (Wildman–Crippen LogP) is -0.936. The molecule has 6 nitrogen and oxygen atoms in total. The van der Waals surface area contributed by atoms with Crippen LogP contribution in [-0.2, 0) is 9.59 Å². The summed E-state index contributed by atoms with van der Waals surface area (Å²) in [7, 11) is 0. The minimum absolute atomic E-state index is 0.225. The Labute approximate surface area is 88.5 Å². The molecule has 1 amide bonds. The zero-order valence-electron chi connectivity index (χ0n) is 8.93. The van der Waals surface area contributed by atoms with Gasteiger partial charge in [0.2, 0.25) is 5.91 Å². The van der Waals surface area contributed by atoms with E-state index in [2.05, 4.69) is 5.32 Å². The lowest BCUT2D eigenvalue weighted by Crippen LogP contribution is -2.46. The van der Waals surface area contributed by atoms with Gasteiger partial charge in [0, 0.05) is 6.04 Å². The van der Waals surface area contributed by atoms with Crippen molar-refractivity contribution in [2.75, 3.05) is 0 Å². The smallest absolute Gasteiger partial charge is 0.305 e. The summed E-state index contributed by atoms with van der Waals surface area (Å²) in [6, 6.07) is -1.27. The number of hydrogen-bond acceptors (Lipinski definition) is 4. The van der Waals surface area contributed by atoms with Crippen molar-refractivity contribution >= 4 is 11.9 Å². The average Bonchev–Trinajstić information content (AvgIpc) is 2.00. The molecule has 88 valence electrons. The summed E-state index contributed by atoms with van der Waals surface area (Å²) in [6.07, 6.45) is -0.505. The van der Waals surface area contributed by atoms with Gasteiger partial charge in [0.15, 0.2) is 0 Å². The van der Waals surface area contributed by atoms with Crippen molar-refractivity contribution in [3.8, 4) is 0 Å². The number of aliphatic carboxylic acids is 1. The summed E-state index contributed by atoms with van der Waals surface area (Å²) in [4.78, 5) is 21.6. The SMILES string of the molecule is CC(O)CC(C)NC(=O)C(N)CC(=O)O. The molecule has 0 radical (unpaired) electrons. The Hall–Kier alpha value is -1.14. The highest BCUT2D eigenvalue weighted by molar-refractivity contribution is 5.86. The summed E-state index contributed by atoms with van der Waals surface area (Å²) in [5.41, 5.74) is 5.34. The Balaban J connectivity index is 3.95. The van der Waals surface area contributed by atoms with Gasteiger partial charge in [-0.25, -0.2) is 0 Å². The first-order chi connectivity index (χ1) is 6.82. The van der Waals surface area contributed by atoms with Crippen LogP contribution in [0.1, 0.15) is 26.7 Å². The highest BCUT2D eigenvalue weighted by Gasteiger charge is 2.18. The molecule has 0 aromatic rings. The molecule has 0 rings (SSSR count). The number of nitrogens with two attached hydrogens (primary N) is 1. The number of rotatable bonds is 6. The second-order valence-corrected chi connectivity index (χ2v) is 3.70. The van der Waals surface area contributed by atoms with Crippen molar-refractivity contribution in [1.82, 2.24) is 5.32 Å². The van der Waals surface area contributed by atoms with E-state index in [0.29, 0.717) is 6.42 Å². The van der Waals surface area contributed by atoms with Crippen LogP contribution in [0.5, 0.6) is 0 Å². The van der Waals surface area contributed by atoms with Gasteiger partial charge in [-0.3, -0.25) is 9.59 Å². The molecule has 6 heteroatoms. The number of aliphatic hydroxyl groups excluding tert-OH is 1. The van der Waals surface area contributed by atoms with E-state index >= 15 is 0 Å². The standard InChI is InChI=1S/C9H18N2O4/c1-5(3-6(2)12)11-9(15)7(10)4-8(13)14/h5-7,12H,3-4,10H2,1-2H3,(H,11,15)(H,13,14). The Bertz CT molecular complexity index is 230. The largest absolute Gasteiger partial charge is 0.481 e. The van der Waals surface area contributed by atoms with Crippen LogP contribution in [-0.4, -0.2) is 40.3 Å². The number of nitrogens with one attached hydrogen (secondary N) is 1. The zero-order chi connectivity index (χ0) is 12.0. The van der Waals surface area contributed by atoms with Gasteiger partial charge in [-0.15, -0.1) is 0 Å². The third-order valence-corrected chi connectivity index (χ3v) is 1.81. The molecule has 3 atom stereocenters. The first-order valence-electron chi connectivity index (χ1n) is 4.78. The third-order valence-electron chi connectivity index (χ3n) is 1.81. The van der Waals surface area contributed by atoms with Crippen LogP contribution in [0.15, 0.2) is 0 Å². The van der Waals surface area contributed by atoms with E-state index in [0.717, 1.165) is 0 Å². The molecule has 0 bridgehead atoms. The van der Waals surface area contributed by atoms with Crippen molar-refractivity contribution in [2.45, 2.75) is 44.9 Å². The predicted molar refractivity (Wildman–Crippen MR) is 54.1 cm³/mol. The number of aliphatic hydroxyl groups is 1. The van der Waals surface area contributed by atoms with Gasteiger partial charge < -0.3 is 21.3 Å². The van der Waals surface area contributed by atoms with Gasteiger partial charge >= 0.3 is 5.97 Å². The van der Waals surface area contributed by atoms with Crippen LogP contribution >= 0.6 is 0 Å². The Morgan fingerprint density at radius 2 is 1.93 bits per heavy atom. The zero-order valence-corrected chi connectivity index (χ0v) is 8.93. The van der Waals surface area contributed by atoms with E-state index in [9.17, 15) is 9.59 Å². The number of amides is 1. The van der Waals surface area contributed by atoms with Crippen LogP contribution in [0.4, 0.5) is 0 Å². The first-order valence-corrected chi connectivity index (χ1v) is 4.78. The highest BCUT2D eigenvalue weighted by Crippen LogP contribution is 1.97. The maximum absolute atomic E-state index is 11.3. The van der Waals surface area contributed by atoms with Gasteiger partial charge in [0.25, 0.3) is 0 Å². The number of carbonyl (C=O) groups is 2. The van der Waals surface area contributed by atoms with Gasteiger partial charge in [0.05, 0.1) is 18.6 Å². The maximum Gasteiger partial charge on any atom is 0.305 e. The summed E-state index contributed by atoms with van der Waals surface area (Å²) in [6.45, 7) is 3.33. The lowest BCUT2D eigenvalue weighted by molar-refractivity contribution is -0.139. The van der Waals surface area contributed by atoms with Gasteiger partial charge in [-0.05, 0) is 20.3 Å². The highest BCUT2D eigenvalue weighted by atomic mass is 16.4. The van der Waals surface area contributed by atoms with Crippen molar-refractivity contribution in [3.05, 3.63) is 0 Å².